The summed E-state index contributed by atoms with van der Waals surface area (Å²) in [5, 5.41) is 2.33. The lowest BCUT2D eigenvalue weighted by Gasteiger charge is -2.28. The molecule has 1 aromatic carbocycles. The third kappa shape index (κ3) is 3.41. The molecular formula is C15H17BrN2O4. The van der Waals surface area contributed by atoms with Gasteiger partial charge in [-0.2, -0.15) is 0 Å². The SMILES string of the molecule is O=C1CCN(c2cc(Br)ccc2OCC2CCOC2)C(=O)N1. The molecule has 7 heteroatoms. The Bertz CT molecular complexity index is 587. The number of carbonyl (C=O) groups is 2. The maximum Gasteiger partial charge on any atom is 0.328 e. The first-order valence-corrected chi connectivity index (χ1v) is 8.04. The smallest absolute Gasteiger partial charge is 0.328 e. The van der Waals surface area contributed by atoms with Crippen molar-refractivity contribution >= 4 is 33.6 Å². The van der Waals surface area contributed by atoms with E-state index in [2.05, 4.69) is 21.2 Å². The highest BCUT2D eigenvalue weighted by Crippen LogP contribution is 2.33. The highest BCUT2D eigenvalue weighted by molar-refractivity contribution is 9.10. The second-order valence-corrected chi connectivity index (χ2v) is 6.32. The Morgan fingerprint density at radius 3 is 3.00 bits per heavy atom. The third-order valence-corrected chi connectivity index (χ3v) is 4.26. The van der Waals surface area contributed by atoms with Crippen LogP contribution in [0.3, 0.4) is 0 Å². The molecule has 118 valence electrons. The molecule has 1 N–H and O–H groups in total. The van der Waals surface area contributed by atoms with Crippen molar-refractivity contribution in [1.29, 1.82) is 0 Å². The van der Waals surface area contributed by atoms with Gasteiger partial charge >= 0.3 is 6.03 Å². The van der Waals surface area contributed by atoms with Crippen LogP contribution in [-0.2, 0) is 9.53 Å². The Labute approximate surface area is 136 Å². The van der Waals surface area contributed by atoms with E-state index in [1.165, 1.54) is 4.90 Å². The van der Waals surface area contributed by atoms with E-state index in [0.29, 0.717) is 37.1 Å². The summed E-state index contributed by atoms with van der Waals surface area (Å²) < 4.78 is 12.1. The number of rotatable bonds is 4. The molecule has 0 radical (unpaired) electrons. The van der Waals surface area contributed by atoms with Crippen LogP contribution < -0.4 is 15.0 Å². The second kappa shape index (κ2) is 6.66. The molecule has 1 aromatic rings. The van der Waals surface area contributed by atoms with Gasteiger partial charge in [-0.15, -0.1) is 0 Å². The van der Waals surface area contributed by atoms with Crippen LogP contribution >= 0.6 is 15.9 Å². The number of nitrogens with one attached hydrogen (secondary N) is 1. The monoisotopic (exact) mass is 368 g/mol. The molecule has 3 rings (SSSR count). The van der Waals surface area contributed by atoms with Crippen LogP contribution in [0.4, 0.5) is 10.5 Å². The molecule has 2 saturated heterocycles. The number of anilines is 1. The van der Waals surface area contributed by atoms with Crippen molar-refractivity contribution < 1.29 is 19.1 Å². The molecule has 2 aliphatic rings. The van der Waals surface area contributed by atoms with Crippen LogP contribution in [0, 0.1) is 5.92 Å². The van der Waals surface area contributed by atoms with Crippen LogP contribution in [0.5, 0.6) is 5.75 Å². The van der Waals surface area contributed by atoms with Crippen molar-refractivity contribution in [2.24, 2.45) is 5.92 Å². The number of amides is 3. The fourth-order valence-electron chi connectivity index (χ4n) is 2.54. The number of ether oxygens (including phenoxy) is 2. The summed E-state index contributed by atoms with van der Waals surface area (Å²) in [6.45, 7) is 2.40. The number of nitrogens with zero attached hydrogens (tertiary/aromatic N) is 1. The lowest BCUT2D eigenvalue weighted by molar-refractivity contribution is -0.120. The molecule has 2 heterocycles. The average Bonchev–Trinajstić information content (AvgIpc) is 2.99. The zero-order chi connectivity index (χ0) is 15.5. The first-order chi connectivity index (χ1) is 10.6. The largest absolute Gasteiger partial charge is 0.491 e. The molecular weight excluding hydrogens is 352 g/mol. The Kier molecular flexibility index (Phi) is 4.63. The summed E-state index contributed by atoms with van der Waals surface area (Å²) in [7, 11) is 0. The summed E-state index contributed by atoms with van der Waals surface area (Å²) >= 11 is 3.41. The Hall–Kier alpha value is -1.60. The van der Waals surface area contributed by atoms with Crippen molar-refractivity contribution in [3.63, 3.8) is 0 Å². The Morgan fingerprint density at radius 1 is 1.41 bits per heavy atom. The lowest BCUT2D eigenvalue weighted by Crippen LogP contribution is -2.49. The number of halogens is 1. The molecule has 1 atom stereocenters. The molecule has 0 aromatic heterocycles. The molecule has 2 fully saturated rings. The Balaban J connectivity index is 1.77. The van der Waals surface area contributed by atoms with Gasteiger partial charge in [0.05, 0.1) is 18.9 Å². The van der Waals surface area contributed by atoms with Crippen molar-refractivity contribution in [3.05, 3.63) is 22.7 Å². The first kappa shape index (κ1) is 15.3. The molecule has 0 bridgehead atoms. The number of urea groups is 1. The number of hydrogen-bond donors (Lipinski definition) is 1. The van der Waals surface area contributed by atoms with Gasteiger partial charge in [-0.3, -0.25) is 15.0 Å². The van der Waals surface area contributed by atoms with Gasteiger partial charge < -0.3 is 9.47 Å². The molecule has 22 heavy (non-hydrogen) atoms. The summed E-state index contributed by atoms with van der Waals surface area (Å²) in [6.07, 6.45) is 1.28. The van der Waals surface area contributed by atoms with Gasteiger partial charge in [0.1, 0.15) is 5.75 Å². The quantitative estimate of drug-likeness (QED) is 0.885. The van der Waals surface area contributed by atoms with Gasteiger partial charge in [-0.25, -0.2) is 4.79 Å². The van der Waals surface area contributed by atoms with Gasteiger partial charge in [0.2, 0.25) is 5.91 Å². The molecule has 0 spiro atoms. The maximum absolute atomic E-state index is 12.0. The number of hydrogen-bond acceptors (Lipinski definition) is 4. The summed E-state index contributed by atoms with van der Waals surface area (Å²) in [4.78, 5) is 24.9. The van der Waals surface area contributed by atoms with E-state index < -0.39 is 6.03 Å². The fraction of sp³-hybridized carbons (Fsp3) is 0.467. The predicted octanol–water partition coefficient (Wildman–Crippen LogP) is 2.31. The highest BCUT2D eigenvalue weighted by Gasteiger charge is 2.27. The third-order valence-electron chi connectivity index (χ3n) is 3.76. The molecule has 1 unspecified atom stereocenters. The standard InChI is InChI=1S/C15H17BrN2O4/c16-11-1-2-13(22-9-10-4-6-21-8-10)12(7-11)18-5-3-14(19)17-15(18)20/h1-2,7,10H,3-6,8-9H2,(H,17,19,20). The lowest BCUT2D eigenvalue weighted by atomic mass is 10.1. The topological polar surface area (TPSA) is 67.9 Å². The number of imide groups is 1. The first-order valence-electron chi connectivity index (χ1n) is 7.25. The maximum atomic E-state index is 12.0. The minimum Gasteiger partial charge on any atom is -0.491 e. The normalized spacial score (nSPS) is 21.9. The van der Waals surface area contributed by atoms with Crippen LogP contribution in [-0.4, -0.2) is 38.3 Å². The van der Waals surface area contributed by atoms with E-state index >= 15 is 0 Å². The second-order valence-electron chi connectivity index (χ2n) is 5.41. The van der Waals surface area contributed by atoms with Gasteiger partial charge in [0, 0.05) is 30.0 Å². The number of carbonyl (C=O) groups excluding carboxylic acids is 2. The van der Waals surface area contributed by atoms with Crippen molar-refractivity contribution in [1.82, 2.24) is 5.32 Å². The van der Waals surface area contributed by atoms with Crippen molar-refractivity contribution in [2.75, 3.05) is 31.3 Å². The molecule has 6 nitrogen and oxygen atoms in total. The van der Waals surface area contributed by atoms with E-state index in [4.69, 9.17) is 9.47 Å². The molecule has 0 saturated carbocycles. The fourth-order valence-corrected chi connectivity index (χ4v) is 2.89. The van der Waals surface area contributed by atoms with Crippen LogP contribution in [0.1, 0.15) is 12.8 Å². The average molecular weight is 369 g/mol. The van der Waals surface area contributed by atoms with Crippen LogP contribution in [0.15, 0.2) is 22.7 Å². The van der Waals surface area contributed by atoms with Crippen molar-refractivity contribution in [2.45, 2.75) is 12.8 Å². The van der Waals surface area contributed by atoms with E-state index in [-0.39, 0.29) is 12.3 Å². The van der Waals surface area contributed by atoms with Crippen LogP contribution in [0.25, 0.3) is 0 Å². The van der Waals surface area contributed by atoms with E-state index in [9.17, 15) is 9.59 Å². The predicted molar refractivity (Wildman–Crippen MR) is 84.1 cm³/mol. The minimum absolute atomic E-state index is 0.248. The van der Waals surface area contributed by atoms with E-state index in [1.54, 1.807) is 0 Å². The Morgan fingerprint density at radius 2 is 2.27 bits per heavy atom. The summed E-state index contributed by atoms with van der Waals surface area (Å²) in [5.74, 6) is 0.773. The zero-order valence-corrected chi connectivity index (χ0v) is 13.6. The molecule has 3 amide bonds. The van der Waals surface area contributed by atoms with Gasteiger partial charge in [-0.1, -0.05) is 15.9 Å². The molecule has 2 aliphatic heterocycles. The van der Waals surface area contributed by atoms with Gasteiger partial charge in [-0.05, 0) is 24.6 Å². The van der Waals surface area contributed by atoms with E-state index in [1.807, 2.05) is 18.2 Å². The van der Waals surface area contributed by atoms with Gasteiger partial charge in [0.15, 0.2) is 0 Å². The van der Waals surface area contributed by atoms with Crippen LogP contribution in [0.2, 0.25) is 0 Å². The highest BCUT2D eigenvalue weighted by atomic mass is 79.9. The zero-order valence-electron chi connectivity index (χ0n) is 12.0. The summed E-state index contributed by atoms with van der Waals surface area (Å²) in [5.41, 5.74) is 0.665. The minimum atomic E-state index is -0.414. The van der Waals surface area contributed by atoms with Gasteiger partial charge in [0.25, 0.3) is 0 Å². The van der Waals surface area contributed by atoms with E-state index in [0.717, 1.165) is 17.5 Å². The summed E-state index contributed by atoms with van der Waals surface area (Å²) in [6, 6.07) is 5.12. The number of benzene rings is 1. The van der Waals surface area contributed by atoms with Crippen molar-refractivity contribution in [3.8, 4) is 5.75 Å². The molecule has 0 aliphatic carbocycles.